The summed E-state index contributed by atoms with van der Waals surface area (Å²) in [6, 6.07) is 10.6. The number of rotatable bonds is 7. The topological polar surface area (TPSA) is 111 Å². The van der Waals surface area contributed by atoms with Crippen LogP contribution in [0.2, 0.25) is 0 Å². The Morgan fingerprint density at radius 3 is 2.52 bits per heavy atom. The molecule has 0 unspecified atom stereocenters. The van der Waals surface area contributed by atoms with E-state index in [9.17, 15) is 19.7 Å². The van der Waals surface area contributed by atoms with Crippen LogP contribution in [-0.4, -0.2) is 44.6 Å². The van der Waals surface area contributed by atoms with Crippen molar-refractivity contribution in [3.63, 3.8) is 0 Å². The van der Waals surface area contributed by atoms with Crippen molar-refractivity contribution < 1.29 is 24.0 Å². The number of benzene rings is 2. The van der Waals surface area contributed by atoms with Crippen LogP contribution in [0.5, 0.6) is 5.75 Å². The molecule has 0 radical (unpaired) electrons. The van der Waals surface area contributed by atoms with Gasteiger partial charge in [-0.3, -0.25) is 14.9 Å². The lowest BCUT2D eigenvalue weighted by Crippen LogP contribution is -2.22. The molecule has 0 heterocycles. The summed E-state index contributed by atoms with van der Waals surface area (Å²) in [5.41, 5.74) is 0.631. The van der Waals surface area contributed by atoms with Crippen LogP contribution in [0.25, 0.3) is 0 Å². The maximum absolute atomic E-state index is 12.3. The predicted molar refractivity (Wildman–Crippen MR) is 99.3 cm³/mol. The quantitative estimate of drug-likeness (QED) is 0.451. The second-order valence-corrected chi connectivity index (χ2v) is 5.68. The predicted octanol–water partition coefficient (Wildman–Crippen LogP) is 2.46. The fourth-order valence-electron chi connectivity index (χ4n) is 2.33. The van der Waals surface area contributed by atoms with Crippen LogP contribution in [0.3, 0.4) is 0 Å². The summed E-state index contributed by atoms with van der Waals surface area (Å²) in [4.78, 5) is 36.4. The summed E-state index contributed by atoms with van der Waals surface area (Å²) < 4.78 is 10.1. The molecule has 1 N–H and O–H groups in total. The van der Waals surface area contributed by atoms with E-state index in [1.807, 2.05) is 0 Å². The fourth-order valence-corrected chi connectivity index (χ4v) is 2.33. The Hall–Kier alpha value is -3.62. The van der Waals surface area contributed by atoms with E-state index < -0.39 is 23.4 Å². The summed E-state index contributed by atoms with van der Waals surface area (Å²) in [7, 11) is 4.84. The lowest BCUT2D eigenvalue weighted by molar-refractivity contribution is -0.384. The third-order valence-corrected chi connectivity index (χ3v) is 3.61. The monoisotopic (exact) mass is 373 g/mol. The SMILES string of the molecule is COc1ccccc1NC(=O)COC(=O)c1cc([N+](=O)[O-])ccc1N(C)C. The smallest absolute Gasteiger partial charge is 0.341 e. The highest BCUT2D eigenvalue weighted by Crippen LogP contribution is 2.25. The van der Waals surface area contributed by atoms with E-state index in [0.29, 0.717) is 17.1 Å². The van der Waals surface area contributed by atoms with Crippen molar-refractivity contribution in [3.8, 4) is 5.75 Å². The number of non-ortho nitro benzene ring substituents is 1. The minimum atomic E-state index is -0.836. The molecule has 142 valence electrons. The number of nitro groups is 1. The fraction of sp³-hybridized carbons (Fsp3) is 0.222. The molecule has 2 aromatic rings. The summed E-state index contributed by atoms with van der Waals surface area (Å²) in [5.74, 6) is -0.937. The molecule has 0 aromatic heterocycles. The number of hydrogen-bond acceptors (Lipinski definition) is 7. The van der Waals surface area contributed by atoms with E-state index in [-0.39, 0.29) is 11.3 Å². The van der Waals surface area contributed by atoms with Crippen molar-refractivity contribution in [2.24, 2.45) is 0 Å². The first-order valence-corrected chi connectivity index (χ1v) is 7.89. The number of hydrogen-bond donors (Lipinski definition) is 1. The Kier molecular flexibility index (Phi) is 6.32. The molecule has 0 aliphatic carbocycles. The molecule has 0 spiro atoms. The molecule has 1 amide bonds. The summed E-state index contributed by atoms with van der Waals surface area (Å²) in [6.07, 6.45) is 0. The van der Waals surface area contributed by atoms with Gasteiger partial charge in [-0.1, -0.05) is 12.1 Å². The third-order valence-electron chi connectivity index (χ3n) is 3.61. The minimum absolute atomic E-state index is 0.000656. The van der Waals surface area contributed by atoms with E-state index >= 15 is 0 Å². The Labute approximate surface area is 155 Å². The normalized spacial score (nSPS) is 10.0. The first kappa shape index (κ1) is 19.7. The van der Waals surface area contributed by atoms with Gasteiger partial charge in [0.15, 0.2) is 6.61 Å². The zero-order chi connectivity index (χ0) is 20.0. The average molecular weight is 373 g/mol. The highest BCUT2D eigenvalue weighted by Gasteiger charge is 2.20. The van der Waals surface area contributed by atoms with Crippen LogP contribution in [0.15, 0.2) is 42.5 Å². The van der Waals surface area contributed by atoms with Gasteiger partial charge in [-0.2, -0.15) is 0 Å². The van der Waals surface area contributed by atoms with E-state index in [1.165, 1.54) is 19.2 Å². The van der Waals surface area contributed by atoms with Gasteiger partial charge in [0.2, 0.25) is 0 Å². The summed E-state index contributed by atoms with van der Waals surface area (Å²) in [6.45, 7) is -0.549. The van der Waals surface area contributed by atoms with Crippen molar-refractivity contribution in [2.45, 2.75) is 0 Å². The first-order chi connectivity index (χ1) is 12.8. The van der Waals surface area contributed by atoms with E-state index in [1.54, 1.807) is 43.3 Å². The van der Waals surface area contributed by atoms with Crippen LogP contribution in [0.4, 0.5) is 17.1 Å². The number of ether oxygens (including phenoxy) is 2. The second kappa shape index (κ2) is 8.65. The van der Waals surface area contributed by atoms with Gasteiger partial charge in [0.05, 0.1) is 29.0 Å². The number of para-hydroxylation sites is 2. The number of esters is 1. The molecule has 0 bridgehead atoms. The molecule has 9 nitrogen and oxygen atoms in total. The number of nitro benzene ring substituents is 1. The molecule has 0 saturated carbocycles. The zero-order valence-electron chi connectivity index (χ0n) is 15.1. The number of anilines is 2. The van der Waals surface area contributed by atoms with Gasteiger partial charge in [0.25, 0.3) is 11.6 Å². The van der Waals surface area contributed by atoms with Crippen molar-refractivity contribution in [1.82, 2.24) is 0 Å². The van der Waals surface area contributed by atoms with Crippen LogP contribution in [0.1, 0.15) is 10.4 Å². The van der Waals surface area contributed by atoms with Gasteiger partial charge in [-0.05, 0) is 18.2 Å². The molecule has 2 aromatic carbocycles. The Morgan fingerprint density at radius 1 is 1.19 bits per heavy atom. The molecule has 27 heavy (non-hydrogen) atoms. The van der Waals surface area contributed by atoms with Crippen LogP contribution >= 0.6 is 0 Å². The number of nitrogens with one attached hydrogen (secondary N) is 1. The van der Waals surface area contributed by atoms with Crippen LogP contribution in [-0.2, 0) is 9.53 Å². The van der Waals surface area contributed by atoms with Crippen molar-refractivity contribution >= 4 is 28.9 Å². The molecule has 0 aliphatic rings. The van der Waals surface area contributed by atoms with E-state index in [0.717, 1.165) is 6.07 Å². The van der Waals surface area contributed by atoms with Gasteiger partial charge in [-0.15, -0.1) is 0 Å². The van der Waals surface area contributed by atoms with E-state index in [4.69, 9.17) is 9.47 Å². The van der Waals surface area contributed by atoms with Crippen molar-refractivity contribution in [3.05, 3.63) is 58.1 Å². The standard InChI is InChI=1S/C18H19N3O6/c1-20(2)15-9-8-12(21(24)25)10-13(15)18(23)27-11-17(22)19-14-6-4-5-7-16(14)26-3/h4-10H,11H2,1-3H3,(H,19,22). The van der Waals surface area contributed by atoms with Gasteiger partial charge < -0.3 is 19.7 Å². The largest absolute Gasteiger partial charge is 0.495 e. The van der Waals surface area contributed by atoms with Crippen molar-refractivity contribution in [2.75, 3.05) is 38.0 Å². The van der Waals surface area contributed by atoms with E-state index in [2.05, 4.69) is 5.32 Å². The molecular weight excluding hydrogens is 354 g/mol. The number of amides is 1. The number of carbonyl (C=O) groups is 2. The Bertz CT molecular complexity index is 866. The lowest BCUT2D eigenvalue weighted by Gasteiger charge is -2.16. The maximum Gasteiger partial charge on any atom is 0.341 e. The highest BCUT2D eigenvalue weighted by molar-refractivity contribution is 5.99. The number of methoxy groups -OCH3 is 1. The number of nitrogens with zero attached hydrogens (tertiary/aromatic N) is 2. The highest BCUT2D eigenvalue weighted by atomic mass is 16.6. The van der Waals surface area contributed by atoms with Gasteiger partial charge >= 0.3 is 5.97 Å². The van der Waals surface area contributed by atoms with Crippen LogP contribution in [0, 0.1) is 10.1 Å². The molecule has 9 heteroatoms. The Morgan fingerprint density at radius 2 is 1.89 bits per heavy atom. The zero-order valence-corrected chi connectivity index (χ0v) is 15.1. The summed E-state index contributed by atoms with van der Waals surface area (Å²) in [5, 5.41) is 13.5. The average Bonchev–Trinajstić information content (AvgIpc) is 2.65. The first-order valence-electron chi connectivity index (χ1n) is 7.89. The number of carbonyl (C=O) groups excluding carboxylic acids is 2. The molecular formula is C18H19N3O6. The van der Waals surface area contributed by atoms with Gasteiger partial charge in [0, 0.05) is 26.2 Å². The van der Waals surface area contributed by atoms with Gasteiger partial charge in [0.1, 0.15) is 5.75 Å². The lowest BCUT2D eigenvalue weighted by atomic mass is 10.1. The minimum Gasteiger partial charge on any atom is -0.495 e. The summed E-state index contributed by atoms with van der Waals surface area (Å²) >= 11 is 0. The van der Waals surface area contributed by atoms with Crippen LogP contribution < -0.4 is 15.0 Å². The Balaban J connectivity index is 2.09. The molecule has 2 rings (SSSR count). The van der Waals surface area contributed by atoms with Gasteiger partial charge in [-0.25, -0.2) is 4.79 Å². The molecule has 0 fully saturated rings. The third kappa shape index (κ3) is 4.94. The second-order valence-electron chi connectivity index (χ2n) is 5.68. The molecule has 0 saturated heterocycles. The molecule has 0 atom stereocenters. The molecule has 0 aliphatic heterocycles. The maximum atomic E-state index is 12.3. The van der Waals surface area contributed by atoms with Crippen molar-refractivity contribution in [1.29, 1.82) is 0 Å².